The predicted molar refractivity (Wildman–Crippen MR) is 94.3 cm³/mol. The molecular weight excluding hydrogens is 362 g/mol. The lowest BCUT2D eigenvalue weighted by Crippen LogP contribution is -2.44. The number of aryl methyl sites for hydroxylation is 1. The maximum atomic E-state index is 13.2. The molecule has 28 heavy (non-hydrogen) atoms. The molecule has 4 atom stereocenters. The van der Waals surface area contributed by atoms with Gasteiger partial charge < -0.3 is 15.0 Å². The first-order chi connectivity index (χ1) is 13.6. The number of ether oxygens (including phenoxy) is 1. The van der Waals surface area contributed by atoms with E-state index in [1.807, 2.05) is 24.3 Å². The summed E-state index contributed by atoms with van der Waals surface area (Å²) in [6.07, 6.45) is 6.87. The Bertz CT molecular complexity index is 958. The summed E-state index contributed by atoms with van der Waals surface area (Å²) in [4.78, 5) is 31.8. The topological polar surface area (TPSA) is 110 Å². The van der Waals surface area contributed by atoms with Crippen LogP contribution in [0.5, 0.6) is 0 Å². The second-order valence-corrected chi connectivity index (χ2v) is 7.46. The van der Waals surface area contributed by atoms with Crippen LogP contribution in [-0.4, -0.2) is 50.3 Å². The third-order valence-electron chi connectivity index (χ3n) is 5.78. The summed E-state index contributed by atoms with van der Waals surface area (Å²) in [6.45, 7) is 2.88. The van der Waals surface area contributed by atoms with Crippen LogP contribution in [0.25, 0.3) is 0 Å². The van der Waals surface area contributed by atoms with Crippen molar-refractivity contribution >= 4 is 11.8 Å². The molecule has 4 unspecified atom stereocenters. The molecule has 1 N–H and O–H groups in total. The van der Waals surface area contributed by atoms with E-state index in [2.05, 4.69) is 25.2 Å². The lowest BCUT2D eigenvalue weighted by molar-refractivity contribution is -0.137. The van der Waals surface area contributed by atoms with Gasteiger partial charge in [-0.1, -0.05) is 22.5 Å². The van der Waals surface area contributed by atoms with Gasteiger partial charge in [0.25, 0.3) is 0 Å². The van der Waals surface area contributed by atoms with Crippen molar-refractivity contribution in [1.29, 1.82) is 0 Å². The number of hydrogen-bond acceptors (Lipinski definition) is 7. The van der Waals surface area contributed by atoms with Gasteiger partial charge in [-0.15, -0.1) is 0 Å². The molecule has 0 saturated carbocycles. The minimum atomic E-state index is -0.720. The van der Waals surface area contributed by atoms with E-state index in [0.717, 1.165) is 5.56 Å². The van der Waals surface area contributed by atoms with Gasteiger partial charge >= 0.3 is 0 Å². The molecule has 2 amide bonds. The molecular formula is C19H19N5O4. The van der Waals surface area contributed by atoms with Crippen molar-refractivity contribution in [3.63, 3.8) is 0 Å². The maximum Gasteiger partial charge on any atom is 0.230 e. The molecule has 2 fully saturated rings. The van der Waals surface area contributed by atoms with Gasteiger partial charge in [-0.3, -0.25) is 14.6 Å². The number of carbonyl (C=O) groups excluding carboxylic acids is 2. The second kappa shape index (κ2) is 6.23. The minimum Gasteiger partial charge on any atom is -0.360 e. The molecule has 2 saturated heterocycles. The molecule has 5 rings (SSSR count). The summed E-state index contributed by atoms with van der Waals surface area (Å²) in [5, 5.41) is 10.3. The number of likely N-dealkylation sites (tertiary alicyclic amines) is 1. The highest BCUT2D eigenvalue weighted by molar-refractivity contribution is 5.93. The van der Waals surface area contributed by atoms with E-state index in [4.69, 9.17) is 4.74 Å². The largest absolute Gasteiger partial charge is 0.360 e. The fourth-order valence-electron chi connectivity index (χ4n) is 4.42. The van der Waals surface area contributed by atoms with E-state index in [-0.39, 0.29) is 24.5 Å². The fourth-order valence-corrected chi connectivity index (χ4v) is 4.42. The van der Waals surface area contributed by atoms with Crippen molar-refractivity contribution in [1.82, 2.24) is 25.5 Å². The first kappa shape index (κ1) is 17.1. The van der Waals surface area contributed by atoms with Gasteiger partial charge in [-0.25, -0.2) is 4.63 Å². The molecule has 5 heterocycles. The van der Waals surface area contributed by atoms with Crippen LogP contribution in [0, 0.1) is 18.8 Å². The monoisotopic (exact) mass is 381 g/mol. The predicted octanol–water partition coefficient (Wildman–Crippen LogP) is 0.371. The van der Waals surface area contributed by atoms with E-state index in [9.17, 15) is 9.59 Å². The van der Waals surface area contributed by atoms with Crippen LogP contribution in [0.4, 0.5) is 0 Å². The number of nitrogens with one attached hydrogen (secondary N) is 1. The molecule has 1 spiro atoms. The second-order valence-electron chi connectivity index (χ2n) is 7.46. The molecule has 144 valence electrons. The molecule has 3 aliphatic rings. The number of pyridine rings is 1. The molecule has 2 bridgehead atoms. The van der Waals surface area contributed by atoms with Crippen molar-refractivity contribution in [3.05, 3.63) is 53.6 Å². The first-order valence-electron chi connectivity index (χ1n) is 9.18. The smallest absolute Gasteiger partial charge is 0.230 e. The average molecular weight is 381 g/mol. The van der Waals surface area contributed by atoms with Gasteiger partial charge in [-0.05, 0) is 24.6 Å². The highest BCUT2D eigenvalue weighted by Gasteiger charge is 2.66. The van der Waals surface area contributed by atoms with Gasteiger partial charge in [0.1, 0.15) is 17.0 Å². The van der Waals surface area contributed by atoms with Crippen LogP contribution < -0.4 is 5.32 Å². The molecule has 0 aromatic carbocycles. The quantitative estimate of drug-likeness (QED) is 0.745. The lowest BCUT2D eigenvalue weighted by Gasteiger charge is -2.23. The van der Waals surface area contributed by atoms with E-state index in [1.54, 1.807) is 24.2 Å². The van der Waals surface area contributed by atoms with Crippen LogP contribution in [0.2, 0.25) is 0 Å². The van der Waals surface area contributed by atoms with Crippen molar-refractivity contribution in [2.45, 2.75) is 31.7 Å². The third-order valence-corrected chi connectivity index (χ3v) is 5.78. The molecule has 0 radical (unpaired) electrons. The van der Waals surface area contributed by atoms with Crippen molar-refractivity contribution in [3.8, 4) is 0 Å². The van der Waals surface area contributed by atoms with Gasteiger partial charge in [-0.2, -0.15) is 0 Å². The van der Waals surface area contributed by atoms with Gasteiger partial charge in [0.2, 0.25) is 11.8 Å². The number of hydrogen-bond donors (Lipinski definition) is 1. The molecule has 0 aliphatic carbocycles. The summed E-state index contributed by atoms with van der Waals surface area (Å²) < 4.78 is 10.8. The summed E-state index contributed by atoms with van der Waals surface area (Å²) in [7, 11) is 0. The summed E-state index contributed by atoms with van der Waals surface area (Å²) in [5.74, 6) is -1.34. The molecule has 9 heteroatoms. The maximum absolute atomic E-state index is 13.2. The Hall–Kier alpha value is -3.07. The zero-order valence-electron chi connectivity index (χ0n) is 15.2. The highest BCUT2D eigenvalue weighted by atomic mass is 16.6. The van der Waals surface area contributed by atoms with Crippen molar-refractivity contribution in [2.24, 2.45) is 11.8 Å². The number of fused-ring (bicyclic) bond motifs is 1. The Labute approximate surface area is 160 Å². The highest BCUT2D eigenvalue weighted by Crippen LogP contribution is 2.52. The number of amides is 2. The van der Waals surface area contributed by atoms with Gasteiger partial charge in [0.05, 0.1) is 31.0 Å². The molecule has 3 aliphatic heterocycles. The zero-order chi connectivity index (χ0) is 19.3. The van der Waals surface area contributed by atoms with Crippen LogP contribution in [0.15, 0.2) is 41.3 Å². The van der Waals surface area contributed by atoms with Crippen molar-refractivity contribution in [2.75, 3.05) is 6.54 Å². The Kier molecular flexibility index (Phi) is 3.80. The number of carbonyl (C=O) groups is 2. The summed E-state index contributed by atoms with van der Waals surface area (Å²) in [5.41, 5.74) is 1.47. The summed E-state index contributed by atoms with van der Waals surface area (Å²) in [6, 6.07) is 3.76. The van der Waals surface area contributed by atoms with E-state index in [0.29, 0.717) is 24.5 Å². The van der Waals surface area contributed by atoms with E-state index in [1.165, 1.54) is 0 Å². The van der Waals surface area contributed by atoms with Crippen LogP contribution in [-0.2, 0) is 27.4 Å². The van der Waals surface area contributed by atoms with Crippen molar-refractivity contribution < 1.29 is 19.0 Å². The molecule has 9 nitrogen and oxygen atoms in total. The molecule has 2 aromatic heterocycles. The van der Waals surface area contributed by atoms with E-state index < -0.39 is 17.4 Å². The molecule has 2 aromatic rings. The van der Waals surface area contributed by atoms with E-state index >= 15 is 0 Å². The fraction of sp³-hybridized carbons (Fsp3) is 0.421. The normalized spacial score (nSPS) is 30.1. The van der Waals surface area contributed by atoms with Gasteiger partial charge in [0, 0.05) is 18.9 Å². The summed E-state index contributed by atoms with van der Waals surface area (Å²) >= 11 is 0. The number of rotatable bonds is 5. The number of aromatic nitrogens is 3. The Morgan fingerprint density at radius 2 is 2.18 bits per heavy atom. The minimum absolute atomic E-state index is 0.0527. The Morgan fingerprint density at radius 3 is 2.93 bits per heavy atom. The van der Waals surface area contributed by atoms with Crippen LogP contribution in [0.1, 0.15) is 17.0 Å². The Morgan fingerprint density at radius 1 is 1.36 bits per heavy atom. The first-order valence-corrected chi connectivity index (χ1v) is 9.18. The zero-order valence-corrected chi connectivity index (χ0v) is 15.2. The van der Waals surface area contributed by atoms with Crippen LogP contribution in [0.3, 0.4) is 0 Å². The van der Waals surface area contributed by atoms with Gasteiger partial charge in [0.15, 0.2) is 0 Å². The standard InChI is InChI=1S/C19H19N5O4/c1-11-13(23-28-22-11)8-21-17(25)15-14-2-5-19(27-14)10-24(18(26)16(15)19)9-12-3-6-20-7-4-12/h2-7,14-16H,8-10H2,1H3,(H,21,25). The third kappa shape index (κ3) is 2.54. The van der Waals surface area contributed by atoms with Crippen LogP contribution >= 0.6 is 0 Å². The lowest BCUT2D eigenvalue weighted by atomic mass is 9.77. The average Bonchev–Trinajstić information content (AvgIpc) is 3.43. The Balaban J connectivity index is 1.34. The SMILES string of the molecule is Cc1nonc1CNC(=O)C1C2C=CC3(CN(Cc4ccncc4)C(=O)C13)O2. The number of nitrogens with zero attached hydrogens (tertiary/aromatic N) is 4.